The molecule has 1 N–H and O–H groups in total. The van der Waals surface area contributed by atoms with Crippen LogP contribution in [0.1, 0.15) is 31.0 Å². The maximum Gasteiger partial charge on any atom is 0.295 e. The molecule has 0 bridgehead atoms. The largest absolute Gasteiger partial charge is 0.507 e. The van der Waals surface area contributed by atoms with E-state index in [1.54, 1.807) is 42.7 Å². The van der Waals surface area contributed by atoms with Gasteiger partial charge in [0.15, 0.2) is 11.5 Å². The molecule has 1 amide bonds. The van der Waals surface area contributed by atoms with Crippen LogP contribution in [0.4, 0.5) is 0 Å². The van der Waals surface area contributed by atoms with Crippen molar-refractivity contribution in [1.82, 2.24) is 9.88 Å². The minimum absolute atomic E-state index is 0.00479. The molecule has 0 saturated carbocycles. The SMILES string of the molecule is CC(C)OCCN1C(=O)C(=O)/C(=C(\O)c2ccc3c(c2)OCO3)C1c1ccncc1. The van der Waals surface area contributed by atoms with Crippen LogP contribution in [-0.2, 0) is 14.3 Å². The van der Waals surface area contributed by atoms with Crippen molar-refractivity contribution in [2.45, 2.75) is 26.0 Å². The predicted molar refractivity (Wildman–Crippen MR) is 107 cm³/mol. The van der Waals surface area contributed by atoms with Gasteiger partial charge < -0.3 is 24.2 Å². The molecule has 1 aromatic heterocycles. The fourth-order valence-electron chi connectivity index (χ4n) is 3.59. The first-order valence-electron chi connectivity index (χ1n) is 9.67. The van der Waals surface area contributed by atoms with Crippen LogP contribution < -0.4 is 9.47 Å². The third-order valence-corrected chi connectivity index (χ3v) is 4.99. The number of amides is 1. The van der Waals surface area contributed by atoms with Gasteiger partial charge in [-0.1, -0.05) is 0 Å². The molecule has 4 rings (SSSR count). The number of ether oxygens (including phenoxy) is 3. The maximum atomic E-state index is 12.9. The molecule has 30 heavy (non-hydrogen) atoms. The van der Waals surface area contributed by atoms with Crippen LogP contribution in [-0.4, -0.2) is 52.7 Å². The number of rotatable bonds is 6. The number of pyridine rings is 1. The Kier molecular flexibility index (Phi) is 5.41. The number of aliphatic hydroxyl groups is 1. The van der Waals surface area contributed by atoms with Crippen molar-refractivity contribution in [3.8, 4) is 11.5 Å². The summed E-state index contributed by atoms with van der Waals surface area (Å²) in [5.41, 5.74) is 1.07. The minimum atomic E-state index is -0.741. The number of fused-ring (bicyclic) bond motifs is 1. The Morgan fingerprint density at radius 3 is 2.67 bits per heavy atom. The van der Waals surface area contributed by atoms with Crippen LogP contribution in [0.25, 0.3) is 5.76 Å². The number of likely N-dealkylation sites (tertiary alicyclic amines) is 1. The van der Waals surface area contributed by atoms with Gasteiger partial charge in [-0.05, 0) is 49.7 Å². The summed E-state index contributed by atoms with van der Waals surface area (Å²) < 4.78 is 16.2. The summed E-state index contributed by atoms with van der Waals surface area (Å²) in [6.07, 6.45) is 3.16. The highest BCUT2D eigenvalue weighted by Gasteiger charge is 2.46. The summed E-state index contributed by atoms with van der Waals surface area (Å²) in [7, 11) is 0. The number of benzene rings is 1. The number of Topliss-reactive ketones (excluding diaryl/α,β-unsaturated/α-hetero) is 1. The van der Waals surface area contributed by atoms with E-state index in [0.717, 1.165) is 0 Å². The Morgan fingerprint density at radius 1 is 1.20 bits per heavy atom. The van der Waals surface area contributed by atoms with E-state index in [4.69, 9.17) is 14.2 Å². The third kappa shape index (κ3) is 3.61. The summed E-state index contributed by atoms with van der Waals surface area (Å²) in [5.74, 6) is -0.647. The van der Waals surface area contributed by atoms with Gasteiger partial charge in [0.25, 0.3) is 11.7 Å². The van der Waals surface area contributed by atoms with Gasteiger partial charge in [-0.15, -0.1) is 0 Å². The first-order valence-corrected chi connectivity index (χ1v) is 9.67. The van der Waals surface area contributed by atoms with Crippen molar-refractivity contribution < 1.29 is 28.9 Å². The van der Waals surface area contributed by atoms with E-state index in [9.17, 15) is 14.7 Å². The Labute approximate surface area is 173 Å². The molecule has 156 valence electrons. The second-order valence-corrected chi connectivity index (χ2v) is 7.26. The standard InChI is InChI=1S/C22H22N2O6/c1-13(2)28-10-9-24-19(14-5-7-23-8-6-14)18(21(26)22(24)27)20(25)15-3-4-16-17(11-15)30-12-29-16/h3-8,11,13,19,25H,9-10,12H2,1-2H3/b20-18-. The first kappa shape index (κ1) is 19.9. The zero-order chi connectivity index (χ0) is 21.3. The Bertz CT molecular complexity index is 1000. The number of ketones is 1. The van der Waals surface area contributed by atoms with Crippen LogP contribution in [0.15, 0.2) is 48.3 Å². The zero-order valence-corrected chi connectivity index (χ0v) is 16.7. The molecule has 0 radical (unpaired) electrons. The first-order chi connectivity index (χ1) is 14.5. The Hall–Kier alpha value is -3.39. The summed E-state index contributed by atoms with van der Waals surface area (Å²) in [4.78, 5) is 31.2. The van der Waals surface area contributed by atoms with E-state index >= 15 is 0 Å². The number of carbonyl (C=O) groups is 2. The van der Waals surface area contributed by atoms with E-state index in [1.165, 1.54) is 4.90 Å². The van der Waals surface area contributed by atoms with Gasteiger partial charge in [0.05, 0.1) is 24.3 Å². The van der Waals surface area contributed by atoms with Crippen LogP contribution in [0.3, 0.4) is 0 Å². The fourth-order valence-corrected chi connectivity index (χ4v) is 3.59. The number of nitrogens with zero attached hydrogens (tertiary/aromatic N) is 2. The Morgan fingerprint density at radius 2 is 1.93 bits per heavy atom. The van der Waals surface area contributed by atoms with E-state index < -0.39 is 17.7 Å². The molecule has 1 saturated heterocycles. The van der Waals surface area contributed by atoms with Crippen molar-refractivity contribution in [3.63, 3.8) is 0 Å². The summed E-state index contributed by atoms with van der Waals surface area (Å²) in [6.45, 7) is 4.38. The lowest BCUT2D eigenvalue weighted by atomic mass is 9.96. The average molecular weight is 410 g/mol. The van der Waals surface area contributed by atoms with Gasteiger partial charge in [0.1, 0.15) is 5.76 Å². The lowest BCUT2D eigenvalue weighted by Gasteiger charge is -2.25. The number of hydrogen-bond donors (Lipinski definition) is 1. The molecule has 2 aromatic rings. The van der Waals surface area contributed by atoms with Gasteiger partial charge >= 0.3 is 0 Å². The number of carbonyl (C=O) groups excluding carboxylic acids is 2. The molecular formula is C22H22N2O6. The lowest BCUT2D eigenvalue weighted by Crippen LogP contribution is -2.33. The number of aromatic nitrogens is 1. The summed E-state index contributed by atoms with van der Waals surface area (Å²) >= 11 is 0. The van der Waals surface area contributed by atoms with Crippen molar-refractivity contribution in [2.24, 2.45) is 0 Å². The molecule has 3 heterocycles. The minimum Gasteiger partial charge on any atom is -0.507 e. The van der Waals surface area contributed by atoms with Gasteiger partial charge in [0.2, 0.25) is 6.79 Å². The molecular weight excluding hydrogens is 388 g/mol. The molecule has 1 unspecified atom stereocenters. The van der Waals surface area contributed by atoms with E-state index in [1.807, 2.05) is 13.8 Å². The number of hydrogen-bond acceptors (Lipinski definition) is 7. The maximum absolute atomic E-state index is 12.9. The second kappa shape index (κ2) is 8.16. The molecule has 1 atom stereocenters. The molecule has 8 heteroatoms. The molecule has 1 fully saturated rings. The van der Waals surface area contributed by atoms with E-state index in [2.05, 4.69) is 4.98 Å². The highest BCUT2D eigenvalue weighted by Crippen LogP contribution is 2.41. The third-order valence-electron chi connectivity index (χ3n) is 4.99. The van der Waals surface area contributed by atoms with Crippen LogP contribution >= 0.6 is 0 Å². The summed E-state index contributed by atoms with van der Waals surface area (Å²) in [6, 6.07) is 7.58. The molecule has 2 aliphatic rings. The highest BCUT2D eigenvalue weighted by molar-refractivity contribution is 6.46. The van der Waals surface area contributed by atoms with Crippen molar-refractivity contribution in [3.05, 3.63) is 59.4 Å². The topological polar surface area (TPSA) is 98.2 Å². The van der Waals surface area contributed by atoms with Crippen LogP contribution in [0.2, 0.25) is 0 Å². The average Bonchev–Trinajstić information content (AvgIpc) is 3.31. The van der Waals surface area contributed by atoms with Crippen LogP contribution in [0.5, 0.6) is 11.5 Å². The monoisotopic (exact) mass is 410 g/mol. The predicted octanol–water partition coefficient (Wildman–Crippen LogP) is 2.66. The normalized spacial score (nSPS) is 19.7. The van der Waals surface area contributed by atoms with Gasteiger partial charge in [0, 0.05) is 24.5 Å². The highest BCUT2D eigenvalue weighted by atomic mass is 16.7. The molecule has 0 aliphatic carbocycles. The van der Waals surface area contributed by atoms with Gasteiger partial charge in [-0.25, -0.2) is 0 Å². The second-order valence-electron chi connectivity index (χ2n) is 7.26. The van der Waals surface area contributed by atoms with Crippen molar-refractivity contribution in [2.75, 3.05) is 19.9 Å². The zero-order valence-electron chi connectivity index (χ0n) is 16.7. The van der Waals surface area contributed by atoms with E-state index in [-0.39, 0.29) is 37.4 Å². The van der Waals surface area contributed by atoms with E-state index in [0.29, 0.717) is 22.6 Å². The summed E-state index contributed by atoms with van der Waals surface area (Å²) in [5, 5.41) is 11.0. The smallest absolute Gasteiger partial charge is 0.295 e. The molecule has 2 aliphatic heterocycles. The molecule has 0 spiro atoms. The quantitative estimate of drug-likeness (QED) is 0.444. The lowest BCUT2D eigenvalue weighted by molar-refractivity contribution is -0.140. The Balaban J connectivity index is 1.77. The van der Waals surface area contributed by atoms with Gasteiger partial charge in [-0.3, -0.25) is 14.6 Å². The fraction of sp³-hybridized carbons (Fsp3) is 0.318. The number of aliphatic hydroxyl groups excluding tert-OH is 1. The molecule has 8 nitrogen and oxygen atoms in total. The van der Waals surface area contributed by atoms with Crippen molar-refractivity contribution in [1.29, 1.82) is 0 Å². The van der Waals surface area contributed by atoms with Crippen molar-refractivity contribution >= 4 is 17.4 Å². The van der Waals surface area contributed by atoms with Crippen LogP contribution in [0, 0.1) is 0 Å². The van der Waals surface area contributed by atoms with Gasteiger partial charge in [-0.2, -0.15) is 0 Å². The molecule has 1 aromatic carbocycles.